The maximum absolute atomic E-state index is 14.1. The van der Waals surface area contributed by atoms with Crippen molar-refractivity contribution >= 4 is 40.8 Å². The highest BCUT2D eigenvalue weighted by atomic mass is 16.5. The molecule has 5 aromatic carbocycles. The number of hydrogen-bond donors (Lipinski definition) is 2. The number of rotatable bonds is 25. The summed E-state index contributed by atoms with van der Waals surface area (Å²) >= 11 is 0. The minimum atomic E-state index is -0.0608. The number of amides is 2. The fraction of sp³-hybridized carbons (Fsp3) is 0.407. The maximum Gasteiger partial charge on any atom is 0.260 e. The molecule has 2 amide bonds. The van der Waals surface area contributed by atoms with E-state index >= 15 is 0 Å². The van der Waals surface area contributed by atoms with Gasteiger partial charge in [0.25, 0.3) is 5.91 Å². The fourth-order valence-electron chi connectivity index (χ4n) is 9.33. The molecule has 0 radical (unpaired) electrons. The number of para-hydroxylation sites is 2. The number of aryl methyl sites for hydroxylation is 1. The van der Waals surface area contributed by atoms with E-state index in [0.29, 0.717) is 86.9 Å². The maximum atomic E-state index is 14.1. The summed E-state index contributed by atoms with van der Waals surface area (Å²) in [7, 11) is 4.90. The lowest BCUT2D eigenvalue weighted by Crippen LogP contribution is -2.39. The Labute approximate surface area is 400 Å². The summed E-state index contributed by atoms with van der Waals surface area (Å²) < 4.78 is 41.7. The number of nitrogens with one attached hydrogen (secondary N) is 2. The molecule has 14 heteroatoms. The average Bonchev–Trinajstić information content (AvgIpc) is 3.89. The van der Waals surface area contributed by atoms with Gasteiger partial charge >= 0.3 is 0 Å². The summed E-state index contributed by atoms with van der Waals surface area (Å²) in [6.07, 6.45) is 4.53. The molecule has 1 unspecified atom stereocenters. The molecule has 0 bridgehead atoms. The molecule has 8 rings (SSSR count). The number of benzene rings is 5. The number of nitrogens with zero attached hydrogens (tertiary/aromatic N) is 3. The molecular formula is C54H65N5O9. The van der Waals surface area contributed by atoms with Crippen LogP contribution in [-0.4, -0.2) is 105 Å². The molecule has 68 heavy (non-hydrogen) atoms. The van der Waals surface area contributed by atoms with E-state index in [0.717, 1.165) is 83.6 Å². The Morgan fingerprint density at radius 1 is 0.750 bits per heavy atom. The lowest BCUT2D eigenvalue weighted by atomic mass is 10.1. The molecule has 5 aromatic rings. The first kappa shape index (κ1) is 48.0. The Kier molecular flexibility index (Phi) is 16.2. The van der Waals surface area contributed by atoms with Gasteiger partial charge in [0.15, 0.2) is 23.0 Å². The fourth-order valence-corrected chi connectivity index (χ4v) is 9.33. The van der Waals surface area contributed by atoms with Gasteiger partial charge in [0.2, 0.25) is 6.41 Å². The van der Waals surface area contributed by atoms with E-state index in [1.807, 2.05) is 71.3 Å². The first-order chi connectivity index (χ1) is 33.3. The Balaban J connectivity index is 1.02. The average molecular weight is 928 g/mol. The van der Waals surface area contributed by atoms with Crippen molar-refractivity contribution in [3.63, 3.8) is 0 Å². The van der Waals surface area contributed by atoms with Crippen LogP contribution in [0.3, 0.4) is 0 Å². The first-order valence-electron chi connectivity index (χ1n) is 23.7. The van der Waals surface area contributed by atoms with Crippen molar-refractivity contribution in [3.05, 3.63) is 124 Å². The van der Waals surface area contributed by atoms with Gasteiger partial charge in [-0.2, -0.15) is 0 Å². The van der Waals surface area contributed by atoms with Crippen LogP contribution in [0, 0.1) is 6.92 Å². The van der Waals surface area contributed by atoms with Crippen LogP contribution in [0.15, 0.2) is 91.0 Å². The van der Waals surface area contributed by atoms with E-state index in [4.69, 9.17) is 33.2 Å². The largest absolute Gasteiger partial charge is 0.493 e. The van der Waals surface area contributed by atoms with Crippen LogP contribution in [0.5, 0.6) is 23.0 Å². The summed E-state index contributed by atoms with van der Waals surface area (Å²) in [5, 5.41) is 7.15. The van der Waals surface area contributed by atoms with Crippen LogP contribution in [0.2, 0.25) is 0 Å². The van der Waals surface area contributed by atoms with E-state index in [9.17, 15) is 9.59 Å². The standard InChI is InChI=1S/C54H65N5O9/c1-6-7-16-57(17-18-65-21-22-66-20-19-62-3)42-25-38(34-67-52-30-46(37(2)23-50(52)63-4)55-32-43-27-40-12-8-10-14-48(40)58(43)36-60)24-39(26-42)35-68-53-31-47-45(29-51(53)64-5)54(61)59-44(33-56-47)28-41-13-9-11-15-49(41)59/h8-15,23-26,29-31,36,43-44,55-56H,6-7,16-22,27-28,32-35H2,1-5H3/t43-,44?/m0/s1. The van der Waals surface area contributed by atoms with Crippen LogP contribution in [0.1, 0.15) is 57.9 Å². The Morgan fingerprint density at radius 3 is 2.12 bits per heavy atom. The number of carbonyl (C=O) groups excluding carboxylic acids is 2. The number of fused-ring (bicyclic) bond motifs is 5. The lowest BCUT2D eigenvalue weighted by Gasteiger charge is -2.26. The minimum absolute atomic E-state index is 0.00818. The topological polar surface area (TPSA) is 133 Å². The van der Waals surface area contributed by atoms with Crippen molar-refractivity contribution in [1.29, 1.82) is 0 Å². The predicted octanol–water partition coefficient (Wildman–Crippen LogP) is 8.45. The second-order valence-electron chi connectivity index (χ2n) is 17.4. The van der Waals surface area contributed by atoms with Crippen molar-refractivity contribution in [2.75, 3.05) is 106 Å². The molecule has 0 saturated heterocycles. The van der Waals surface area contributed by atoms with Gasteiger partial charge < -0.3 is 58.5 Å². The van der Waals surface area contributed by atoms with Crippen LogP contribution in [-0.2, 0) is 45.1 Å². The van der Waals surface area contributed by atoms with Crippen LogP contribution < -0.4 is 44.3 Å². The quantitative estimate of drug-likeness (QED) is 0.0430. The second-order valence-corrected chi connectivity index (χ2v) is 17.4. The Morgan fingerprint density at radius 2 is 1.41 bits per heavy atom. The summed E-state index contributed by atoms with van der Waals surface area (Å²) in [5.41, 5.74) is 10.3. The van der Waals surface area contributed by atoms with Crippen molar-refractivity contribution in [2.24, 2.45) is 0 Å². The smallest absolute Gasteiger partial charge is 0.260 e. The molecule has 2 atom stereocenters. The minimum Gasteiger partial charge on any atom is -0.493 e. The van der Waals surface area contributed by atoms with Crippen molar-refractivity contribution in [1.82, 2.24) is 0 Å². The molecule has 0 spiro atoms. The molecule has 360 valence electrons. The van der Waals surface area contributed by atoms with Gasteiger partial charge in [-0.25, -0.2) is 0 Å². The van der Waals surface area contributed by atoms with Gasteiger partial charge in [-0.1, -0.05) is 49.7 Å². The third-order valence-corrected chi connectivity index (χ3v) is 12.9. The number of hydrogen-bond acceptors (Lipinski definition) is 12. The van der Waals surface area contributed by atoms with Crippen molar-refractivity contribution in [2.45, 2.75) is 64.8 Å². The molecule has 0 saturated carbocycles. The Hall–Kier alpha value is -6.48. The van der Waals surface area contributed by atoms with Crippen LogP contribution >= 0.6 is 0 Å². The summed E-state index contributed by atoms with van der Waals surface area (Å²) in [6, 6.07) is 30.2. The van der Waals surface area contributed by atoms with E-state index in [2.05, 4.69) is 52.8 Å². The van der Waals surface area contributed by atoms with Crippen molar-refractivity contribution in [3.8, 4) is 23.0 Å². The van der Waals surface area contributed by atoms with Gasteiger partial charge in [0.05, 0.1) is 70.6 Å². The zero-order valence-electron chi connectivity index (χ0n) is 40.0. The summed E-state index contributed by atoms with van der Waals surface area (Å²) in [4.78, 5) is 32.4. The number of carbonyl (C=O) groups is 2. The third-order valence-electron chi connectivity index (χ3n) is 12.9. The van der Waals surface area contributed by atoms with Gasteiger partial charge in [-0.15, -0.1) is 0 Å². The highest BCUT2D eigenvalue weighted by Crippen LogP contribution is 2.41. The van der Waals surface area contributed by atoms with Crippen molar-refractivity contribution < 1.29 is 42.7 Å². The molecule has 3 aliphatic rings. The number of anilines is 5. The number of unbranched alkanes of at least 4 members (excludes halogenated alkanes) is 1. The highest BCUT2D eigenvalue weighted by Gasteiger charge is 2.38. The molecule has 3 heterocycles. The normalized spacial score (nSPS) is 15.7. The molecule has 14 nitrogen and oxygen atoms in total. The zero-order chi connectivity index (χ0) is 47.4. The second kappa shape index (κ2) is 23.0. The van der Waals surface area contributed by atoms with E-state index in [1.165, 1.54) is 5.56 Å². The molecule has 2 N–H and O–H groups in total. The highest BCUT2D eigenvalue weighted by molar-refractivity contribution is 6.12. The SMILES string of the molecule is CCCCN(CCOCCOCCOC)c1cc(COc2cc(NC[C@@H]3Cc4ccccc4N3C=O)c(C)cc2OC)cc(COc2cc3c(cc2OC)C(=O)N2c4ccccc4CC2CN3)c1. The molecule has 0 aliphatic carbocycles. The molecule has 0 fully saturated rings. The lowest BCUT2D eigenvalue weighted by molar-refractivity contribution is -0.107. The summed E-state index contributed by atoms with van der Waals surface area (Å²) in [5.74, 6) is 2.16. The van der Waals surface area contributed by atoms with Gasteiger partial charge in [0, 0.05) is 68.2 Å². The number of ether oxygens (including phenoxy) is 7. The monoisotopic (exact) mass is 927 g/mol. The van der Waals surface area contributed by atoms with E-state index in [1.54, 1.807) is 27.4 Å². The van der Waals surface area contributed by atoms with Crippen LogP contribution in [0.25, 0.3) is 0 Å². The predicted molar refractivity (Wildman–Crippen MR) is 267 cm³/mol. The first-order valence-corrected chi connectivity index (χ1v) is 23.7. The van der Waals surface area contributed by atoms with Gasteiger partial charge in [-0.05, 0) is 96.5 Å². The van der Waals surface area contributed by atoms with Gasteiger partial charge in [-0.3, -0.25) is 9.59 Å². The molecular weight excluding hydrogens is 863 g/mol. The van der Waals surface area contributed by atoms with E-state index in [-0.39, 0.29) is 31.2 Å². The van der Waals surface area contributed by atoms with Crippen LogP contribution in [0.4, 0.5) is 28.4 Å². The summed E-state index contributed by atoms with van der Waals surface area (Å²) in [6.45, 7) is 10.0. The number of methoxy groups -OCH3 is 3. The molecule has 3 aliphatic heterocycles. The Bertz CT molecular complexity index is 2520. The molecule has 0 aromatic heterocycles. The third kappa shape index (κ3) is 11.1. The van der Waals surface area contributed by atoms with E-state index < -0.39 is 0 Å². The zero-order valence-corrected chi connectivity index (χ0v) is 40.0. The van der Waals surface area contributed by atoms with Gasteiger partial charge in [0.1, 0.15) is 13.2 Å².